The van der Waals surface area contributed by atoms with Crippen LogP contribution in [0.25, 0.3) is 0 Å². The molecule has 2 rings (SSSR count). The first-order valence-electron chi connectivity index (χ1n) is 6.54. The van der Waals surface area contributed by atoms with Gasteiger partial charge < -0.3 is 4.90 Å². The van der Waals surface area contributed by atoms with Gasteiger partial charge in [-0.3, -0.25) is 4.79 Å². The van der Waals surface area contributed by atoms with E-state index in [1.807, 2.05) is 19.2 Å². The van der Waals surface area contributed by atoms with Crippen LogP contribution in [0.15, 0.2) is 42.5 Å². The van der Waals surface area contributed by atoms with Gasteiger partial charge in [0.05, 0.1) is 10.7 Å². The number of anilines is 1. The molecule has 0 N–H and O–H groups in total. The molecule has 0 saturated heterocycles. The van der Waals surface area contributed by atoms with E-state index in [1.165, 1.54) is 11.1 Å². The first-order chi connectivity index (χ1) is 9.47. The minimum absolute atomic E-state index is 0.0276. The third kappa shape index (κ3) is 3.40. The van der Waals surface area contributed by atoms with Crippen molar-refractivity contribution in [2.75, 3.05) is 11.9 Å². The molecule has 20 heavy (non-hydrogen) atoms. The summed E-state index contributed by atoms with van der Waals surface area (Å²) in [6.45, 7) is 4.40. The Labute approximate surface area is 125 Å². The van der Waals surface area contributed by atoms with Crippen LogP contribution < -0.4 is 4.90 Å². The number of carbonyl (C=O) groups excluding carboxylic acids is 1. The molecule has 3 heteroatoms. The van der Waals surface area contributed by atoms with Crippen LogP contribution in [0.1, 0.15) is 28.4 Å². The summed E-state index contributed by atoms with van der Waals surface area (Å²) >= 11 is 6.27. The Balaban J connectivity index is 2.21. The predicted octanol–water partition coefficient (Wildman–Crippen LogP) is 4.49. The van der Waals surface area contributed by atoms with Gasteiger partial charge in [0.15, 0.2) is 5.78 Å². The molecule has 0 aliphatic heterocycles. The van der Waals surface area contributed by atoms with E-state index in [-0.39, 0.29) is 5.78 Å². The highest BCUT2D eigenvalue weighted by atomic mass is 35.5. The summed E-state index contributed by atoms with van der Waals surface area (Å²) < 4.78 is 0. The molecule has 0 unspecified atom stereocenters. The van der Waals surface area contributed by atoms with Crippen molar-refractivity contribution in [1.82, 2.24) is 0 Å². The van der Waals surface area contributed by atoms with Gasteiger partial charge >= 0.3 is 0 Å². The Morgan fingerprint density at radius 2 is 1.95 bits per heavy atom. The van der Waals surface area contributed by atoms with Crippen LogP contribution in [0.2, 0.25) is 5.02 Å². The van der Waals surface area contributed by atoms with Crippen molar-refractivity contribution in [3.05, 3.63) is 64.2 Å². The number of benzene rings is 2. The summed E-state index contributed by atoms with van der Waals surface area (Å²) in [5.41, 5.74) is 4.05. The van der Waals surface area contributed by atoms with E-state index in [0.717, 1.165) is 12.2 Å². The third-order valence-electron chi connectivity index (χ3n) is 3.27. The Morgan fingerprint density at radius 1 is 1.20 bits per heavy atom. The molecule has 0 amide bonds. The number of nitrogens with zero attached hydrogens (tertiary/aromatic N) is 1. The molecule has 104 valence electrons. The van der Waals surface area contributed by atoms with Crippen molar-refractivity contribution >= 4 is 23.1 Å². The summed E-state index contributed by atoms with van der Waals surface area (Å²) in [5.74, 6) is 0.0276. The van der Waals surface area contributed by atoms with Crippen LogP contribution in [0.3, 0.4) is 0 Å². The molecule has 0 aliphatic carbocycles. The Kier molecular flexibility index (Phi) is 4.46. The second-order valence-corrected chi connectivity index (χ2v) is 5.47. The van der Waals surface area contributed by atoms with Crippen molar-refractivity contribution < 1.29 is 4.79 Å². The van der Waals surface area contributed by atoms with Gasteiger partial charge in [0.25, 0.3) is 0 Å². The summed E-state index contributed by atoms with van der Waals surface area (Å²) in [5, 5.41) is 0.604. The van der Waals surface area contributed by atoms with Gasteiger partial charge in [0.1, 0.15) is 0 Å². The molecule has 0 saturated carbocycles. The van der Waals surface area contributed by atoms with Crippen LogP contribution in [0.4, 0.5) is 5.69 Å². The first-order valence-corrected chi connectivity index (χ1v) is 6.92. The zero-order valence-corrected chi connectivity index (χ0v) is 12.7. The van der Waals surface area contributed by atoms with Crippen molar-refractivity contribution in [2.45, 2.75) is 20.4 Å². The molecule has 2 aromatic rings. The quantitative estimate of drug-likeness (QED) is 0.772. The normalized spacial score (nSPS) is 10.4. The first kappa shape index (κ1) is 14.6. The summed E-state index contributed by atoms with van der Waals surface area (Å²) in [7, 11) is 2.00. The van der Waals surface area contributed by atoms with Crippen LogP contribution in [0, 0.1) is 6.92 Å². The molecular weight excluding hydrogens is 270 g/mol. The monoisotopic (exact) mass is 287 g/mol. The highest BCUT2D eigenvalue weighted by Crippen LogP contribution is 2.27. The number of hydrogen-bond acceptors (Lipinski definition) is 2. The summed E-state index contributed by atoms with van der Waals surface area (Å²) in [6, 6.07) is 13.8. The lowest BCUT2D eigenvalue weighted by Gasteiger charge is -2.21. The van der Waals surface area contributed by atoms with E-state index < -0.39 is 0 Å². The van der Waals surface area contributed by atoms with Gasteiger partial charge in [-0.25, -0.2) is 0 Å². The number of ketones is 1. The average Bonchev–Trinajstić information content (AvgIpc) is 2.38. The second kappa shape index (κ2) is 6.10. The molecule has 0 radical (unpaired) electrons. The molecule has 2 aromatic carbocycles. The van der Waals surface area contributed by atoms with Gasteiger partial charge in [0.2, 0.25) is 0 Å². The maximum absolute atomic E-state index is 11.3. The van der Waals surface area contributed by atoms with Crippen molar-refractivity contribution in [3.8, 4) is 0 Å². The van der Waals surface area contributed by atoms with Crippen molar-refractivity contribution in [3.63, 3.8) is 0 Å². The number of Topliss-reactive ketones (excluding diaryl/α,β-unsaturated/α-hetero) is 1. The van der Waals surface area contributed by atoms with Crippen LogP contribution in [-0.4, -0.2) is 12.8 Å². The molecule has 0 spiro atoms. The minimum Gasteiger partial charge on any atom is -0.369 e. The summed E-state index contributed by atoms with van der Waals surface area (Å²) in [4.78, 5) is 13.4. The van der Waals surface area contributed by atoms with Crippen LogP contribution in [0.5, 0.6) is 0 Å². The average molecular weight is 288 g/mol. The lowest BCUT2D eigenvalue weighted by atomic mass is 10.1. The zero-order chi connectivity index (χ0) is 14.7. The smallest absolute Gasteiger partial charge is 0.159 e. The van der Waals surface area contributed by atoms with Gasteiger partial charge in [0, 0.05) is 19.2 Å². The van der Waals surface area contributed by atoms with Gasteiger partial charge in [-0.15, -0.1) is 0 Å². The maximum atomic E-state index is 11.3. The fraction of sp³-hybridized carbons (Fsp3) is 0.235. The standard InChI is InChI=1S/C17H18ClNO/c1-12-5-4-6-14(9-12)11-19(3)17-8-7-15(13(2)20)10-16(17)18/h4-10H,11H2,1-3H3. The van der Waals surface area contributed by atoms with E-state index in [4.69, 9.17) is 11.6 Å². The molecule has 0 bridgehead atoms. The van der Waals surface area contributed by atoms with Crippen LogP contribution in [-0.2, 0) is 6.54 Å². The fourth-order valence-corrected chi connectivity index (χ4v) is 2.53. The lowest BCUT2D eigenvalue weighted by molar-refractivity contribution is 0.101. The summed E-state index contributed by atoms with van der Waals surface area (Å²) in [6.07, 6.45) is 0. The van der Waals surface area contributed by atoms with E-state index >= 15 is 0 Å². The van der Waals surface area contributed by atoms with Crippen molar-refractivity contribution in [2.24, 2.45) is 0 Å². The number of carbonyl (C=O) groups is 1. The van der Waals surface area contributed by atoms with Gasteiger partial charge in [-0.2, -0.15) is 0 Å². The Bertz CT molecular complexity index is 637. The number of aryl methyl sites for hydroxylation is 1. The molecular formula is C17H18ClNO. The number of rotatable bonds is 4. The van der Waals surface area contributed by atoms with Crippen LogP contribution >= 0.6 is 11.6 Å². The number of halogens is 1. The second-order valence-electron chi connectivity index (χ2n) is 5.07. The van der Waals surface area contributed by atoms with Gasteiger partial charge in [-0.1, -0.05) is 41.4 Å². The molecule has 0 atom stereocenters. The predicted molar refractivity (Wildman–Crippen MR) is 84.7 cm³/mol. The SMILES string of the molecule is CC(=O)c1ccc(N(C)Cc2cccc(C)c2)c(Cl)c1. The van der Waals surface area contributed by atoms with Crippen molar-refractivity contribution in [1.29, 1.82) is 0 Å². The number of hydrogen-bond donors (Lipinski definition) is 0. The molecule has 0 aromatic heterocycles. The molecule has 0 heterocycles. The third-order valence-corrected chi connectivity index (χ3v) is 3.57. The van der Waals surface area contributed by atoms with E-state index in [0.29, 0.717) is 10.6 Å². The Hall–Kier alpha value is -1.80. The highest BCUT2D eigenvalue weighted by Gasteiger charge is 2.09. The largest absolute Gasteiger partial charge is 0.369 e. The molecule has 2 nitrogen and oxygen atoms in total. The topological polar surface area (TPSA) is 20.3 Å². The minimum atomic E-state index is 0.0276. The van der Waals surface area contributed by atoms with E-state index in [9.17, 15) is 4.79 Å². The van der Waals surface area contributed by atoms with E-state index in [1.54, 1.807) is 13.0 Å². The molecule has 0 fully saturated rings. The van der Waals surface area contributed by atoms with E-state index in [2.05, 4.69) is 36.1 Å². The molecule has 0 aliphatic rings. The zero-order valence-electron chi connectivity index (χ0n) is 12.0. The Morgan fingerprint density at radius 3 is 2.55 bits per heavy atom. The van der Waals surface area contributed by atoms with Gasteiger partial charge in [-0.05, 0) is 37.6 Å². The lowest BCUT2D eigenvalue weighted by Crippen LogP contribution is -2.17. The highest BCUT2D eigenvalue weighted by molar-refractivity contribution is 6.33. The fourth-order valence-electron chi connectivity index (χ4n) is 2.20. The maximum Gasteiger partial charge on any atom is 0.159 e.